The van der Waals surface area contributed by atoms with Crippen LogP contribution in [0.25, 0.3) is 11.0 Å². The number of amides is 1. The monoisotopic (exact) mass is 304 g/mol. The van der Waals surface area contributed by atoms with Crippen molar-refractivity contribution in [3.05, 3.63) is 30.1 Å². The molecule has 0 saturated carbocycles. The van der Waals surface area contributed by atoms with Crippen LogP contribution in [0.2, 0.25) is 0 Å². The fraction of sp³-hybridized carbons (Fsp3) is 0.467. The molecule has 2 heterocycles. The van der Waals surface area contributed by atoms with Gasteiger partial charge in [0.05, 0.1) is 22.0 Å². The number of carbonyl (C=O) groups excluding carboxylic acids is 1. The van der Waals surface area contributed by atoms with Gasteiger partial charge in [-0.2, -0.15) is 0 Å². The summed E-state index contributed by atoms with van der Waals surface area (Å²) in [5, 5.41) is 6.48. The molecule has 5 nitrogen and oxygen atoms in total. The van der Waals surface area contributed by atoms with Gasteiger partial charge >= 0.3 is 0 Å². The van der Waals surface area contributed by atoms with Crippen LogP contribution in [0.3, 0.4) is 0 Å². The topological polar surface area (TPSA) is 69.8 Å². The number of para-hydroxylation sites is 2. The first-order valence-corrected chi connectivity index (χ1v) is 8.33. The molecule has 112 valence electrons. The van der Waals surface area contributed by atoms with E-state index in [0.29, 0.717) is 11.8 Å². The molecule has 2 unspecified atom stereocenters. The second kappa shape index (κ2) is 6.49. The molecule has 0 radical (unpaired) electrons. The van der Waals surface area contributed by atoms with Crippen molar-refractivity contribution in [1.29, 1.82) is 0 Å². The normalized spacial score (nSPS) is 19.8. The SMILES string of the molecule is CC(SCC(=O)NC1CCNC1)c1nc2ccccc2[nH]1. The Morgan fingerprint density at radius 3 is 3.14 bits per heavy atom. The summed E-state index contributed by atoms with van der Waals surface area (Å²) in [6.07, 6.45) is 1.02. The zero-order valence-electron chi connectivity index (χ0n) is 12.1. The third kappa shape index (κ3) is 3.57. The number of nitrogens with zero attached hydrogens (tertiary/aromatic N) is 1. The molecule has 1 saturated heterocycles. The Morgan fingerprint density at radius 1 is 1.52 bits per heavy atom. The number of aromatic amines is 1. The number of H-pyrrole nitrogens is 1. The van der Waals surface area contributed by atoms with Crippen molar-refractivity contribution in [2.45, 2.75) is 24.6 Å². The van der Waals surface area contributed by atoms with Crippen LogP contribution >= 0.6 is 11.8 Å². The number of rotatable bonds is 5. The zero-order valence-corrected chi connectivity index (χ0v) is 12.9. The summed E-state index contributed by atoms with van der Waals surface area (Å²) >= 11 is 1.61. The molecule has 1 fully saturated rings. The minimum Gasteiger partial charge on any atom is -0.351 e. The maximum absolute atomic E-state index is 11.9. The van der Waals surface area contributed by atoms with Gasteiger partial charge in [-0.1, -0.05) is 12.1 Å². The Morgan fingerprint density at radius 2 is 2.38 bits per heavy atom. The Labute approximate surface area is 128 Å². The quantitative estimate of drug-likeness (QED) is 0.788. The second-order valence-electron chi connectivity index (χ2n) is 5.35. The van der Waals surface area contributed by atoms with Crippen molar-refractivity contribution < 1.29 is 4.79 Å². The second-order valence-corrected chi connectivity index (χ2v) is 6.68. The van der Waals surface area contributed by atoms with Crippen LogP contribution in [0.5, 0.6) is 0 Å². The van der Waals surface area contributed by atoms with Gasteiger partial charge < -0.3 is 15.6 Å². The highest BCUT2D eigenvalue weighted by Crippen LogP contribution is 2.27. The highest BCUT2D eigenvalue weighted by Gasteiger charge is 2.18. The highest BCUT2D eigenvalue weighted by molar-refractivity contribution is 8.00. The smallest absolute Gasteiger partial charge is 0.230 e. The number of fused-ring (bicyclic) bond motifs is 1. The third-order valence-electron chi connectivity index (χ3n) is 3.68. The van der Waals surface area contributed by atoms with E-state index in [-0.39, 0.29) is 11.2 Å². The van der Waals surface area contributed by atoms with Crippen LogP contribution in [0.1, 0.15) is 24.4 Å². The van der Waals surface area contributed by atoms with Crippen LogP contribution in [-0.4, -0.2) is 40.8 Å². The van der Waals surface area contributed by atoms with Crippen LogP contribution < -0.4 is 10.6 Å². The van der Waals surface area contributed by atoms with Gasteiger partial charge in [0, 0.05) is 12.6 Å². The number of aromatic nitrogens is 2. The van der Waals surface area contributed by atoms with Crippen molar-refractivity contribution in [3.63, 3.8) is 0 Å². The Balaban J connectivity index is 1.53. The molecular formula is C15H20N4OS. The number of benzene rings is 1. The fourth-order valence-corrected chi connectivity index (χ4v) is 3.25. The molecule has 1 aromatic carbocycles. The lowest BCUT2D eigenvalue weighted by Crippen LogP contribution is -2.37. The third-order valence-corrected chi connectivity index (χ3v) is 4.83. The molecule has 0 spiro atoms. The van der Waals surface area contributed by atoms with Crippen LogP contribution in [0.15, 0.2) is 24.3 Å². The van der Waals surface area contributed by atoms with Gasteiger partial charge in [0.25, 0.3) is 0 Å². The minimum absolute atomic E-state index is 0.108. The first-order valence-electron chi connectivity index (χ1n) is 7.28. The molecule has 3 rings (SSSR count). The molecule has 1 aliphatic rings. The number of carbonyl (C=O) groups is 1. The van der Waals surface area contributed by atoms with E-state index < -0.39 is 0 Å². The van der Waals surface area contributed by atoms with E-state index in [0.717, 1.165) is 36.4 Å². The number of thioether (sulfide) groups is 1. The van der Waals surface area contributed by atoms with Gasteiger partial charge in [-0.15, -0.1) is 11.8 Å². The Hall–Kier alpha value is -1.53. The summed E-state index contributed by atoms with van der Waals surface area (Å²) in [5.74, 6) is 1.50. The number of imidazole rings is 1. The van der Waals surface area contributed by atoms with E-state index >= 15 is 0 Å². The zero-order chi connectivity index (χ0) is 14.7. The van der Waals surface area contributed by atoms with Crippen LogP contribution in [-0.2, 0) is 4.79 Å². The Kier molecular flexibility index (Phi) is 4.45. The average molecular weight is 304 g/mol. The lowest BCUT2D eigenvalue weighted by molar-refractivity contribution is -0.119. The molecule has 0 bridgehead atoms. The van der Waals surface area contributed by atoms with Crippen molar-refractivity contribution in [2.75, 3.05) is 18.8 Å². The fourth-order valence-electron chi connectivity index (χ4n) is 2.49. The maximum atomic E-state index is 11.9. The van der Waals surface area contributed by atoms with Gasteiger partial charge in [0.2, 0.25) is 5.91 Å². The average Bonchev–Trinajstić information content (AvgIpc) is 3.13. The molecule has 1 amide bonds. The predicted octanol–water partition coefficient (Wildman–Crippen LogP) is 1.84. The lowest BCUT2D eigenvalue weighted by Gasteiger charge is -2.12. The van der Waals surface area contributed by atoms with E-state index in [1.807, 2.05) is 24.3 Å². The van der Waals surface area contributed by atoms with Crippen molar-refractivity contribution in [2.24, 2.45) is 0 Å². The van der Waals surface area contributed by atoms with Crippen LogP contribution in [0.4, 0.5) is 0 Å². The van der Waals surface area contributed by atoms with Crippen molar-refractivity contribution in [3.8, 4) is 0 Å². The molecule has 1 aromatic heterocycles. The summed E-state index contributed by atoms with van der Waals surface area (Å²) in [4.78, 5) is 19.8. The molecule has 6 heteroatoms. The highest BCUT2D eigenvalue weighted by atomic mass is 32.2. The van der Waals surface area contributed by atoms with E-state index in [1.165, 1.54) is 0 Å². The predicted molar refractivity (Wildman–Crippen MR) is 86.4 cm³/mol. The molecular weight excluding hydrogens is 284 g/mol. The van der Waals surface area contributed by atoms with Crippen molar-refractivity contribution >= 4 is 28.7 Å². The summed E-state index contributed by atoms with van der Waals surface area (Å²) < 4.78 is 0. The van der Waals surface area contributed by atoms with E-state index in [9.17, 15) is 4.79 Å². The van der Waals surface area contributed by atoms with Gasteiger partial charge in [-0.25, -0.2) is 4.98 Å². The molecule has 3 N–H and O–H groups in total. The van der Waals surface area contributed by atoms with Crippen molar-refractivity contribution in [1.82, 2.24) is 20.6 Å². The number of hydrogen-bond donors (Lipinski definition) is 3. The maximum Gasteiger partial charge on any atom is 0.230 e. The molecule has 1 aliphatic heterocycles. The summed E-state index contributed by atoms with van der Waals surface area (Å²) in [6, 6.07) is 8.27. The van der Waals surface area contributed by atoms with Gasteiger partial charge in [0.1, 0.15) is 5.82 Å². The summed E-state index contributed by atoms with van der Waals surface area (Å²) in [5.41, 5.74) is 2.02. The van der Waals surface area contributed by atoms with E-state index in [2.05, 4.69) is 27.5 Å². The first kappa shape index (κ1) is 14.4. The van der Waals surface area contributed by atoms with E-state index in [1.54, 1.807) is 11.8 Å². The minimum atomic E-state index is 0.108. The molecule has 21 heavy (non-hydrogen) atoms. The standard InChI is InChI=1S/C15H20N4OS/c1-10(15-18-12-4-2-3-5-13(12)19-15)21-9-14(20)17-11-6-7-16-8-11/h2-5,10-11,16H,6-9H2,1H3,(H,17,20)(H,18,19). The summed E-state index contributed by atoms with van der Waals surface area (Å²) in [6.45, 7) is 3.95. The van der Waals surface area contributed by atoms with Crippen LogP contribution in [0, 0.1) is 0 Å². The number of hydrogen-bond acceptors (Lipinski definition) is 4. The molecule has 0 aliphatic carbocycles. The first-order chi connectivity index (χ1) is 10.2. The van der Waals surface area contributed by atoms with Gasteiger partial charge in [-0.05, 0) is 32.0 Å². The molecule has 2 aromatic rings. The lowest BCUT2D eigenvalue weighted by atomic mass is 10.3. The number of nitrogens with one attached hydrogen (secondary N) is 3. The van der Waals surface area contributed by atoms with E-state index in [4.69, 9.17) is 0 Å². The largest absolute Gasteiger partial charge is 0.351 e. The summed E-state index contributed by atoms with van der Waals surface area (Å²) in [7, 11) is 0. The van der Waals surface area contributed by atoms with Gasteiger partial charge in [0.15, 0.2) is 0 Å². The Bertz CT molecular complexity index is 588. The molecule has 2 atom stereocenters. The van der Waals surface area contributed by atoms with Gasteiger partial charge in [-0.3, -0.25) is 4.79 Å².